The van der Waals surface area contributed by atoms with Gasteiger partial charge in [0.15, 0.2) is 0 Å². The number of allylic oxidation sites excluding steroid dienone is 1. The molecule has 0 unspecified atom stereocenters. The van der Waals surface area contributed by atoms with Crippen LogP contribution in [-0.2, 0) is 27.1 Å². The summed E-state index contributed by atoms with van der Waals surface area (Å²) in [6, 6.07) is 39.7. The van der Waals surface area contributed by atoms with E-state index in [-0.39, 0.29) is 23.9 Å². The molecule has 0 heterocycles. The molecule has 0 radical (unpaired) electrons. The fourth-order valence-electron chi connectivity index (χ4n) is 6.00. The van der Waals surface area contributed by atoms with Crippen LogP contribution in [0, 0.1) is 0 Å². The third-order valence-electron chi connectivity index (χ3n) is 8.37. The van der Waals surface area contributed by atoms with Gasteiger partial charge in [0.2, 0.25) is 0 Å². The summed E-state index contributed by atoms with van der Waals surface area (Å²) in [7, 11) is -1.03. The van der Waals surface area contributed by atoms with Gasteiger partial charge in [0.1, 0.15) is 5.75 Å². The summed E-state index contributed by atoms with van der Waals surface area (Å²) < 4.78 is 26.0. The van der Waals surface area contributed by atoms with Gasteiger partial charge in [-0.3, -0.25) is 0 Å². The number of benzene rings is 4. The van der Waals surface area contributed by atoms with E-state index in [1.807, 2.05) is 48.5 Å². The van der Waals surface area contributed by atoms with E-state index >= 15 is 0 Å². The maximum atomic E-state index is 9.32. The average molecular weight is 639 g/mol. The lowest BCUT2D eigenvalue weighted by Gasteiger charge is -2.43. The summed E-state index contributed by atoms with van der Waals surface area (Å²) in [4.78, 5) is 0. The number of methoxy groups -OCH3 is 1. The molecule has 0 aliphatic carbocycles. The van der Waals surface area contributed by atoms with Crippen LogP contribution in [0.3, 0.4) is 0 Å². The van der Waals surface area contributed by atoms with Gasteiger partial charge in [-0.25, -0.2) is 0 Å². The fraction of sp³-hybridized carbons (Fsp3) is 0.350. The summed E-state index contributed by atoms with van der Waals surface area (Å²) in [5.41, 5.74) is 2.19. The second-order valence-corrected chi connectivity index (χ2v) is 16.9. The molecule has 0 bridgehead atoms. The highest BCUT2D eigenvalue weighted by Crippen LogP contribution is 2.37. The van der Waals surface area contributed by atoms with Crippen LogP contribution in [0.15, 0.2) is 127 Å². The van der Waals surface area contributed by atoms with Crippen molar-refractivity contribution in [2.24, 2.45) is 0 Å². The first kappa shape index (κ1) is 35.3. The molecule has 244 valence electrons. The van der Waals surface area contributed by atoms with Crippen molar-refractivity contribution in [3.8, 4) is 5.75 Å². The van der Waals surface area contributed by atoms with E-state index < -0.39 is 8.32 Å². The van der Waals surface area contributed by atoms with E-state index in [2.05, 4.69) is 93.6 Å². The van der Waals surface area contributed by atoms with Crippen molar-refractivity contribution >= 4 is 18.7 Å². The van der Waals surface area contributed by atoms with E-state index in [0.29, 0.717) is 26.2 Å². The lowest BCUT2D eigenvalue weighted by atomic mass is 10.0. The lowest BCUT2D eigenvalue weighted by Crippen LogP contribution is -2.66. The largest absolute Gasteiger partial charge is 0.497 e. The smallest absolute Gasteiger partial charge is 0.261 e. The average Bonchev–Trinajstić information content (AvgIpc) is 3.09. The Hall–Kier alpha value is -3.52. The molecule has 0 amide bonds. The summed E-state index contributed by atoms with van der Waals surface area (Å²) >= 11 is 0. The van der Waals surface area contributed by atoms with Crippen molar-refractivity contribution < 1.29 is 23.7 Å². The molecule has 0 aliphatic rings. The van der Waals surface area contributed by atoms with Gasteiger partial charge in [-0.1, -0.05) is 136 Å². The molecule has 0 fully saturated rings. The highest BCUT2D eigenvalue weighted by Gasteiger charge is 2.50. The Morgan fingerprint density at radius 1 is 0.652 bits per heavy atom. The Morgan fingerprint density at radius 2 is 1.15 bits per heavy atom. The molecule has 0 spiro atoms. The van der Waals surface area contributed by atoms with E-state index in [4.69, 9.17) is 18.6 Å². The van der Waals surface area contributed by atoms with Crippen molar-refractivity contribution in [1.82, 2.24) is 0 Å². The Kier molecular flexibility index (Phi) is 13.8. The molecule has 0 aliphatic heterocycles. The van der Waals surface area contributed by atoms with Crippen molar-refractivity contribution in [2.45, 2.75) is 70.5 Å². The van der Waals surface area contributed by atoms with Crippen LogP contribution in [0.4, 0.5) is 0 Å². The first-order valence-electron chi connectivity index (χ1n) is 16.3. The highest BCUT2D eigenvalue weighted by atomic mass is 28.4. The van der Waals surface area contributed by atoms with Gasteiger partial charge < -0.3 is 23.7 Å². The predicted octanol–water partition coefficient (Wildman–Crippen LogP) is 7.46. The number of hydrogen-bond donors (Lipinski definition) is 1. The molecule has 4 aromatic rings. The van der Waals surface area contributed by atoms with Crippen molar-refractivity contribution in [2.75, 3.05) is 20.3 Å². The summed E-state index contributed by atoms with van der Waals surface area (Å²) in [6.07, 6.45) is 5.61. The van der Waals surface area contributed by atoms with Crippen molar-refractivity contribution in [3.63, 3.8) is 0 Å². The minimum atomic E-state index is -2.70. The van der Waals surface area contributed by atoms with Crippen LogP contribution < -0.4 is 15.1 Å². The van der Waals surface area contributed by atoms with Crippen LogP contribution >= 0.6 is 0 Å². The van der Waals surface area contributed by atoms with E-state index in [1.54, 1.807) is 13.2 Å². The van der Waals surface area contributed by atoms with Gasteiger partial charge in [0, 0.05) is 6.61 Å². The third-order valence-corrected chi connectivity index (χ3v) is 13.4. The van der Waals surface area contributed by atoms with Crippen LogP contribution in [0.25, 0.3) is 0 Å². The Morgan fingerprint density at radius 3 is 1.65 bits per heavy atom. The van der Waals surface area contributed by atoms with E-state index in [1.165, 1.54) is 10.4 Å². The maximum absolute atomic E-state index is 9.32. The Labute approximate surface area is 277 Å². The number of ether oxygens (including phenoxy) is 3. The fourth-order valence-corrected chi connectivity index (χ4v) is 10.6. The number of hydrogen-bond acceptors (Lipinski definition) is 5. The predicted molar refractivity (Wildman–Crippen MR) is 190 cm³/mol. The normalized spacial score (nSPS) is 13.5. The Balaban J connectivity index is 1.62. The minimum absolute atomic E-state index is 0.0270. The van der Waals surface area contributed by atoms with E-state index in [0.717, 1.165) is 29.7 Å². The molecular weight excluding hydrogens is 589 g/mol. The molecule has 0 saturated heterocycles. The zero-order valence-electron chi connectivity index (χ0n) is 27.8. The molecule has 0 saturated carbocycles. The second kappa shape index (κ2) is 18.0. The van der Waals surface area contributed by atoms with Gasteiger partial charge in [0.25, 0.3) is 8.32 Å². The molecular formula is C40H50O5Si. The van der Waals surface area contributed by atoms with Gasteiger partial charge >= 0.3 is 0 Å². The van der Waals surface area contributed by atoms with Gasteiger partial charge in [-0.15, -0.1) is 0 Å². The lowest BCUT2D eigenvalue weighted by molar-refractivity contribution is -0.0946. The minimum Gasteiger partial charge on any atom is -0.497 e. The SMILES string of the molecule is COc1ccc(CO[C@@H](CCO[Si](c2ccccc2)(c2ccccc2)C(C)(C)C)[C@H](CC/C=C/CO)OCc2ccccc2)cc1. The van der Waals surface area contributed by atoms with Gasteiger partial charge in [-0.2, -0.15) is 0 Å². The molecule has 2 atom stereocenters. The molecule has 46 heavy (non-hydrogen) atoms. The molecule has 4 rings (SSSR count). The first-order valence-corrected chi connectivity index (χ1v) is 18.2. The number of aliphatic hydroxyl groups is 1. The van der Waals surface area contributed by atoms with Crippen LogP contribution in [0.2, 0.25) is 5.04 Å². The maximum Gasteiger partial charge on any atom is 0.261 e. The molecule has 5 nitrogen and oxygen atoms in total. The van der Waals surface area contributed by atoms with Crippen molar-refractivity contribution in [1.29, 1.82) is 0 Å². The Bertz CT molecular complexity index is 1380. The van der Waals surface area contributed by atoms with Crippen LogP contribution in [0.1, 0.15) is 51.2 Å². The topological polar surface area (TPSA) is 57.2 Å². The van der Waals surface area contributed by atoms with Crippen LogP contribution in [0.5, 0.6) is 5.75 Å². The molecule has 6 heteroatoms. The van der Waals surface area contributed by atoms with Crippen LogP contribution in [-0.4, -0.2) is 46.0 Å². The monoisotopic (exact) mass is 638 g/mol. The molecule has 0 aromatic heterocycles. The number of aliphatic hydroxyl groups excluding tert-OH is 1. The zero-order chi connectivity index (χ0) is 32.7. The summed E-state index contributed by atoms with van der Waals surface area (Å²) in [5.74, 6) is 0.818. The molecule has 4 aromatic carbocycles. The van der Waals surface area contributed by atoms with Gasteiger partial charge in [0.05, 0.1) is 39.1 Å². The molecule has 1 N–H and O–H groups in total. The number of rotatable bonds is 18. The van der Waals surface area contributed by atoms with Crippen molar-refractivity contribution in [3.05, 3.63) is 139 Å². The summed E-state index contributed by atoms with van der Waals surface area (Å²) in [5, 5.41) is 11.7. The zero-order valence-corrected chi connectivity index (χ0v) is 28.8. The highest BCUT2D eigenvalue weighted by molar-refractivity contribution is 6.99. The standard InChI is InChI=1S/C40H50O5Si/c1-40(2,3)46(36-19-11-6-12-20-36,37-21-13-7-14-22-37)45-30-28-39(44-32-34-24-26-35(42-4)27-25-34)38(23-15-8-16-29-41)43-31-33-17-9-5-10-18-33/h5-14,16-22,24-27,38-39,41H,15,23,28-32H2,1-4H3/b16-8+/t38-,39-/m0/s1. The second-order valence-electron chi connectivity index (χ2n) is 12.6. The quantitative estimate of drug-likeness (QED) is 0.0906. The van der Waals surface area contributed by atoms with E-state index in [9.17, 15) is 5.11 Å². The third kappa shape index (κ3) is 9.74. The van der Waals surface area contributed by atoms with Gasteiger partial charge in [-0.05, 0) is 57.9 Å². The first-order chi connectivity index (χ1) is 22.4. The summed E-state index contributed by atoms with van der Waals surface area (Å²) in [6.45, 7) is 8.40.